The van der Waals surface area contributed by atoms with Gasteiger partial charge in [0.15, 0.2) is 5.96 Å². The summed E-state index contributed by atoms with van der Waals surface area (Å²) in [6, 6.07) is 4.91. The monoisotopic (exact) mass is 508 g/mol. The first-order valence-electron chi connectivity index (χ1n) is 14.9. The van der Waals surface area contributed by atoms with Crippen LogP contribution in [0.2, 0.25) is 0 Å². The fourth-order valence-electron chi connectivity index (χ4n) is 7.26. The van der Waals surface area contributed by atoms with Crippen molar-refractivity contribution in [3.05, 3.63) is 34.4 Å². The Labute approximate surface area is 225 Å². The normalized spacial score (nSPS) is 25.2. The van der Waals surface area contributed by atoms with E-state index in [0.29, 0.717) is 24.3 Å². The summed E-state index contributed by atoms with van der Waals surface area (Å²) in [6.45, 7) is 14.1. The molecule has 5 heteroatoms. The lowest BCUT2D eigenvalue weighted by Crippen LogP contribution is -2.41. The van der Waals surface area contributed by atoms with Gasteiger partial charge in [0.05, 0.1) is 0 Å². The van der Waals surface area contributed by atoms with Crippen molar-refractivity contribution in [3.8, 4) is 0 Å². The molecule has 2 saturated carbocycles. The van der Waals surface area contributed by atoms with Gasteiger partial charge in [0.2, 0.25) is 5.91 Å². The molecular formula is C32H52N4O. The van der Waals surface area contributed by atoms with Gasteiger partial charge in [-0.25, -0.2) is 0 Å². The van der Waals surface area contributed by atoms with E-state index in [1.54, 1.807) is 0 Å². The van der Waals surface area contributed by atoms with E-state index < -0.39 is 0 Å². The number of carbonyl (C=O) groups excluding carboxylic acids is 1. The van der Waals surface area contributed by atoms with E-state index in [9.17, 15) is 4.79 Å². The van der Waals surface area contributed by atoms with E-state index >= 15 is 0 Å². The van der Waals surface area contributed by atoms with Gasteiger partial charge in [-0.2, -0.15) is 0 Å². The van der Waals surface area contributed by atoms with Crippen LogP contribution in [0.15, 0.2) is 17.1 Å². The predicted molar refractivity (Wildman–Crippen MR) is 155 cm³/mol. The van der Waals surface area contributed by atoms with Crippen LogP contribution >= 0.6 is 0 Å². The van der Waals surface area contributed by atoms with E-state index in [1.165, 1.54) is 73.6 Å². The molecule has 0 bridgehead atoms. The van der Waals surface area contributed by atoms with Crippen molar-refractivity contribution in [2.75, 3.05) is 13.1 Å². The molecule has 2 atom stereocenters. The lowest BCUT2D eigenvalue weighted by atomic mass is 9.62. The Hall–Kier alpha value is -2.04. The van der Waals surface area contributed by atoms with E-state index in [2.05, 4.69) is 56.6 Å². The molecule has 4 N–H and O–H groups in total. The highest BCUT2D eigenvalue weighted by atomic mass is 16.2. The molecule has 0 aromatic heterocycles. The smallest absolute Gasteiger partial charge is 0.225 e. The number of benzene rings is 1. The molecule has 3 aliphatic carbocycles. The number of aliphatic imine (C=N–C) groups is 1. The summed E-state index contributed by atoms with van der Waals surface area (Å²) in [5, 5.41) is 0. The highest BCUT2D eigenvalue weighted by molar-refractivity contribution is 5.79. The molecule has 1 amide bonds. The van der Waals surface area contributed by atoms with E-state index in [1.807, 2.05) is 0 Å². The molecule has 0 radical (unpaired) electrons. The van der Waals surface area contributed by atoms with E-state index in [-0.39, 0.29) is 22.7 Å². The van der Waals surface area contributed by atoms with Gasteiger partial charge < -0.3 is 16.4 Å². The third kappa shape index (κ3) is 6.70. The number of nitrogens with two attached hydrogens (primary N) is 2. The summed E-state index contributed by atoms with van der Waals surface area (Å²) in [6.07, 6.45) is 12.9. The molecule has 0 saturated heterocycles. The quantitative estimate of drug-likeness (QED) is 0.333. The molecule has 0 spiro atoms. The van der Waals surface area contributed by atoms with Crippen LogP contribution in [0.25, 0.3) is 0 Å². The zero-order valence-corrected chi connectivity index (χ0v) is 24.2. The van der Waals surface area contributed by atoms with Gasteiger partial charge in [-0.05, 0) is 96.8 Å². The third-order valence-electron chi connectivity index (χ3n) is 9.84. The van der Waals surface area contributed by atoms with Gasteiger partial charge in [0.1, 0.15) is 0 Å². The van der Waals surface area contributed by atoms with Crippen molar-refractivity contribution < 1.29 is 4.79 Å². The van der Waals surface area contributed by atoms with Gasteiger partial charge in [-0.15, -0.1) is 0 Å². The summed E-state index contributed by atoms with van der Waals surface area (Å²) in [5.41, 5.74) is 17.3. The fraction of sp³-hybridized carbons (Fsp3) is 0.750. The maximum atomic E-state index is 14.0. The van der Waals surface area contributed by atoms with Gasteiger partial charge in [0.25, 0.3) is 0 Å². The topological polar surface area (TPSA) is 84.7 Å². The fourth-order valence-corrected chi connectivity index (χ4v) is 7.26. The molecule has 0 heterocycles. The van der Waals surface area contributed by atoms with Crippen LogP contribution in [0.5, 0.6) is 0 Å². The molecule has 5 nitrogen and oxygen atoms in total. The Morgan fingerprint density at radius 2 is 1.54 bits per heavy atom. The Morgan fingerprint density at radius 1 is 0.919 bits per heavy atom. The first-order chi connectivity index (χ1) is 17.5. The SMILES string of the molecule is Cc1cc2c(cc1CN(CC1CCCC(CN=C(N)N)C1)C(=O)C1CCCCC1)C(C)(C)CCC2(C)C. The van der Waals surface area contributed by atoms with Crippen molar-refractivity contribution in [1.82, 2.24) is 4.90 Å². The van der Waals surface area contributed by atoms with Crippen molar-refractivity contribution in [2.45, 2.75) is 123 Å². The summed E-state index contributed by atoms with van der Waals surface area (Å²) in [4.78, 5) is 20.5. The van der Waals surface area contributed by atoms with Crippen LogP contribution in [0.1, 0.15) is 121 Å². The second kappa shape index (κ2) is 11.4. The molecule has 1 aromatic rings. The molecule has 2 fully saturated rings. The number of carbonyl (C=O) groups is 1. The second-order valence-corrected chi connectivity index (χ2v) is 13.8. The molecular weight excluding hydrogens is 456 g/mol. The van der Waals surface area contributed by atoms with Crippen LogP contribution in [0, 0.1) is 24.7 Å². The molecule has 1 aromatic carbocycles. The van der Waals surface area contributed by atoms with Crippen molar-refractivity contribution in [3.63, 3.8) is 0 Å². The van der Waals surface area contributed by atoms with Gasteiger partial charge in [-0.1, -0.05) is 65.5 Å². The molecule has 37 heavy (non-hydrogen) atoms. The number of rotatable bonds is 7. The minimum Gasteiger partial charge on any atom is -0.370 e. The number of fused-ring (bicyclic) bond motifs is 1. The predicted octanol–water partition coefficient (Wildman–Crippen LogP) is 6.33. The number of hydrogen-bond acceptors (Lipinski definition) is 2. The highest BCUT2D eigenvalue weighted by Crippen LogP contribution is 2.46. The Kier molecular flexibility index (Phi) is 8.60. The zero-order chi connectivity index (χ0) is 26.8. The molecule has 3 aliphatic rings. The Morgan fingerprint density at radius 3 is 2.19 bits per heavy atom. The summed E-state index contributed by atoms with van der Waals surface area (Å²) in [5.74, 6) is 1.81. The number of aryl methyl sites for hydroxylation is 1. The molecule has 0 aliphatic heterocycles. The average Bonchev–Trinajstić information content (AvgIpc) is 2.86. The van der Waals surface area contributed by atoms with Crippen LogP contribution in [0.3, 0.4) is 0 Å². The van der Waals surface area contributed by atoms with Crippen LogP contribution in [-0.2, 0) is 22.2 Å². The molecule has 206 valence electrons. The van der Waals surface area contributed by atoms with Crippen LogP contribution in [-0.4, -0.2) is 29.9 Å². The summed E-state index contributed by atoms with van der Waals surface area (Å²) < 4.78 is 0. The third-order valence-corrected chi connectivity index (χ3v) is 9.84. The van der Waals surface area contributed by atoms with Gasteiger partial charge in [0, 0.05) is 25.6 Å². The first kappa shape index (κ1) is 28.0. The number of guanidine groups is 1. The first-order valence-corrected chi connectivity index (χ1v) is 14.9. The molecule has 2 unspecified atom stereocenters. The van der Waals surface area contributed by atoms with Crippen molar-refractivity contribution in [1.29, 1.82) is 0 Å². The van der Waals surface area contributed by atoms with Crippen molar-refractivity contribution >= 4 is 11.9 Å². The standard InChI is InChI=1S/C32H52N4O/c1-22-16-27-28(32(4,5)15-14-31(27,2)3)18-26(22)21-36(29(37)25-12-7-6-8-13-25)20-24-11-9-10-23(17-24)19-35-30(33)34/h16,18,23-25H,6-15,17,19-21H2,1-5H3,(H4,33,34,35). The van der Waals surface area contributed by atoms with Gasteiger partial charge in [-0.3, -0.25) is 9.79 Å². The molecule has 4 rings (SSSR count). The van der Waals surface area contributed by atoms with Crippen molar-refractivity contribution in [2.24, 2.45) is 34.2 Å². The minimum absolute atomic E-state index is 0.174. The van der Waals surface area contributed by atoms with E-state index in [0.717, 1.165) is 32.4 Å². The lowest BCUT2D eigenvalue weighted by Gasteiger charge is -2.43. The van der Waals surface area contributed by atoms with Crippen LogP contribution in [0.4, 0.5) is 0 Å². The Bertz CT molecular complexity index is 985. The second-order valence-electron chi connectivity index (χ2n) is 13.8. The maximum absolute atomic E-state index is 14.0. The maximum Gasteiger partial charge on any atom is 0.225 e. The Balaban J connectivity index is 1.59. The lowest BCUT2D eigenvalue weighted by molar-refractivity contribution is -0.138. The summed E-state index contributed by atoms with van der Waals surface area (Å²) >= 11 is 0. The number of nitrogens with zero attached hydrogens (tertiary/aromatic N) is 2. The number of amides is 1. The van der Waals surface area contributed by atoms with Crippen LogP contribution < -0.4 is 11.5 Å². The minimum atomic E-state index is 0.174. The average molecular weight is 509 g/mol. The highest BCUT2D eigenvalue weighted by Gasteiger charge is 2.38. The van der Waals surface area contributed by atoms with E-state index in [4.69, 9.17) is 11.5 Å². The van der Waals surface area contributed by atoms with Gasteiger partial charge >= 0.3 is 0 Å². The summed E-state index contributed by atoms with van der Waals surface area (Å²) in [7, 11) is 0. The zero-order valence-electron chi connectivity index (χ0n) is 24.2. The number of hydrogen-bond donors (Lipinski definition) is 2. The largest absolute Gasteiger partial charge is 0.370 e.